The zero-order valence-electron chi connectivity index (χ0n) is 9.01. The van der Waals surface area contributed by atoms with Gasteiger partial charge in [-0.15, -0.1) is 5.10 Å². The number of carboxylic acids is 1. The molecule has 0 spiro atoms. The van der Waals surface area contributed by atoms with Crippen LogP contribution in [0.2, 0.25) is 0 Å². The zero-order chi connectivity index (χ0) is 12.4. The molecule has 0 saturated carbocycles. The normalized spacial score (nSPS) is 10.2. The van der Waals surface area contributed by atoms with E-state index in [1.54, 1.807) is 13.1 Å². The Bertz CT molecular complexity index is 566. The number of aromatic nitrogens is 2. The first-order valence-electron chi connectivity index (χ1n) is 4.89. The van der Waals surface area contributed by atoms with Crippen molar-refractivity contribution >= 4 is 11.8 Å². The smallest absolute Gasteiger partial charge is 0.354 e. The Morgan fingerprint density at radius 1 is 1.47 bits per heavy atom. The number of aromatic carboxylic acids is 1. The number of benzene rings is 1. The van der Waals surface area contributed by atoms with Crippen LogP contribution in [0.1, 0.15) is 10.5 Å². The summed E-state index contributed by atoms with van der Waals surface area (Å²) in [5.74, 6) is -1.16. The van der Waals surface area contributed by atoms with Crippen LogP contribution in [0.25, 0.3) is 5.69 Å². The summed E-state index contributed by atoms with van der Waals surface area (Å²) in [5.41, 5.74) is 0.337. The molecule has 0 atom stereocenters. The second-order valence-corrected chi connectivity index (χ2v) is 3.36. The standard InChI is InChI=1S/C11H10FN3O2/c1-13-10-6-9(11(16)17)15(14-10)8-4-2-3-7(12)5-8/h2-6H,1H3,(H,13,14)(H,16,17). The molecule has 0 aliphatic heterocycles. The molecule has 2 rings (SSSR count). The maximum Gasteiger partial charge on any atom is 0.354 e. The van der Waals surface area contributed by atoms with E-state index in [2.05, 4.69) is 10.4 Å². The highest BCUT2D eigenvalue weighted by atomic mass is 19.1. The summed E-state index contributed by atoms with van der Waals surface area (Å²) in [6.07, 6.45) is 0. The van der Waals surface area contributed by atoms with Crippen LogP contribution in [0.15, 0.2) is 30.3 Å². The molecule has 0 bridgehead atoms. The second-order valence-electron chi connectivity index (χ2n) is 3.36. The van der Waals surface area contributed by atoms with Crippen LogP contribution in [0.4, 0.5) is 10.2 Å². The highest BCUT2D eigenvalue weighted by molar-refractivity contribution is 5.87. The van der Waals surface area contributed by atoms with Gasteiger partial charge in [-0.1, -0.05) is 6.07 Å². The van der Waals surface area contributed by atoms with E-state index in [9.17, 15) is 9.18 Å². The number of hydrogen-bond acceptors (Lipinski definition) is 3. The molecule has 2 N–H and O–H groups in total. The lowest BCUT2D eigenvalue weighted by molar-refractivity contribution is 0.0687. The molecule has 0 aliphatic carbocycles. The average molecular weight is 235 g/mol. The number of rotatable bonds is 3. The summed E-state index contributed by atoms with van der Waals surface area (Å²) >= 11 is 0. The van der Waals surface area contributed by atoms with E-state index in [1.807, 2.05) is 0 Å². The average Bonchev–Trinajstić information content (AvgIpc) is 2.73. The Balaban J connectivity index is 2.57. The number of nitrogens with zero attached hydrogens (tertiary/aromatic N) is 2. The van der Waals surface area contributed by atoms with Crippen molar-refractivity contribution in [3.05, 3.63) is 41.8 Å². The number of anilines is 1. The third kappa shape index (κ3) is 2.10. The zero-order valence-corrected chi connectivity index (χ0v) is 9.01. The van der Waals surface area contributed by atoms with Gasteiger partial charge in [-0.2, -0.15) is 0 Å². The molecule has 0 unspecified atom stereocenters. The van der Waals surface area contributed by atoms with Gasteiger partial charge in [-0.25, -0.2) is 13.9 Å². The van der Waals surface area contributed by atoms with Gasteiger partial charge >= 0.3 is 5.97 Å². The summed E-state index contributed by atoms with van der Waals surface area (Å²) in [7, 11) is 1.63. The molecule has 5 nitrogen and oxygen atoms in total. The van der Waals surface area contributed by atoms with Crippen molar-refractivity contribution in [3.8, 4) is 5.69 Å². The van der Waals surface area contributed by atoms with Crippen LogP contribution in [0, 0.1) is 5.82 Å². The lowest BCUT2D eigenvalue weighted by Gasteiger charge is -2.03. The molecule has 0 aliphatic rings. The van der Waals surface area contributed by atoms with E-state index in [0.717, 1.165) is 0 Å². The van der Waals surface area contributed by atoms with Gasteiger partial charge in [-0.05, 0) is 18.2 Å². The van der Waals surface area contributed by atoms with Crippen molar-refractivity contribution in [2.75, 3.05) is 12.4 Å². The molecule has 1 aromatic heterocycles. The predicted molar refractivity (Wildman–Crippen MR) is 60.0 cm³/mol. The third-order valence-corrected chi connectivity index (χ3v) is 2.24. The first-order valence-corrected chi connectivity index (χ1v) is 4.89. The van der Waals surface area contributed by atoms with Gasteiger partial charge in [0, 0.05) is 13.1 Å². The van der Waals surface area contributed by atoms with E-state index in [-0.39, 0.29) is 5.69 Å². The highest BCUT2D eigenvalue weighted by Gasteiger charge is 2.15. The van der Waals surface area contributed by atoms with Crippen LogP contribution in [-0.2, 0) is 0 Å². The minimum absolute atomic E-state index is 0.0278. The lowest BCUT2D eigenvalue weighted by Crippen LogP contribution is -2.08. The molecule has 0 saturated heterocycles. The Labute approximate surface area is 96.5 Å². The van der Waals surface area contributed by atoms with Crippen molar-refractivity contribution in [2.45, 2.75) is 0 Å². The van der Waals surface area contributed by atoms with Crippen LogP contribution < -0.4 is 5.32 Å². The van der Waals surface area contributed by atoms with Crippen LogP contribution in [0.5, 0.6) is 0 Å². The molecule has 0 fully saturated rings. The van der Waals surface area contributed by atoms with Crippen LogP contribution >= 0.6 is 0 Å². The van der Waals surface area contributed by atoms with Gasteiger partial charge in [0.15, 0.2) is 5.69 Å². The second kappa shape index (κ2) is 4.25. The summed E-state index contributed by atoms with van der Waals surface area (Å²) in [5, 5.41) is 15.8. The molecule has 6 heteroatoms. The van der Waals surface area contributed by atoms with Crippen molar-refractivity contribution < 1.29 is 14.3 Å². The van der Waals surface area contributed by atoms with Crippen molar-refractivity contribution in [2.24, 2.45) is 0 Å². The van der Waals surface area contributed by atoms with Gasteiger partial charge in [-0.3, -0.25) is 0 Å². The maximum atomic E-state index is 13.1. The fourth-order valence-corrected chi connectivity index (χ4v) is 1.46. The summed E-state index contributed by atoms with van der Waals surface area (Å²) in [4.78, 5) is 11.0. The third-order valence-electron chi connectivity index (χ3n) is 2.24. The minimum Gasteiger partial charge on any atom is -0.477 e. The maximum absolute atomic E-state index is 13.1. The monoisotopic (exact) mass is 235 g/mol. The van der Waals surface area contributed by atoms with Gasteiger partial charge in [0.2, 0.25) is 0 Å². The Hall–Kier alpha value is -2.37. The van der Waals surface area contributed by atoms with Crippen LogP contribution in [0.3, 0.4) is 0 Å². The number of carboxylic acid groups (broad SMARTS) is 1. The number of carbonyl (C=O) groups is 1. The molecule has 88 valence electrons. The summed E-state index contributed by atoms with van der Waals surface area (Å²) < 4.78 is 14.2. The van der Waals surface area contributed by atoms with Gasteiger partial charge in [0.25, 0.3) is 0 Å². The predicted octanol–water partition coefficient (Wildman–Crippen LogP) is 1.75. The van der Waals surface area contributed by atoms with Crippen molar-refractivity contribution in [1.29, 1.82) is 0 Å². The van der Waals surface area contributed by atoms with E-state index >= 15 is 0 Å². The molecular formula is C11H10FN3O2. The van der Waals surface area contributed by atoms with Gasteiger partial charge in [0.1, 0.15) is 11.6 Å². The minimum atomic E-state index is -1.12. The largest absolute Gasteiger partial charge is 0.477 e. The summed E-state index contributed by atoms with van der Waals surface area (Å²) in [6.45, 7) is 0. The lowest BCUT2D eigenvalue weighted by atomic mass is 10.3. The molecule has 0 amide bonds. The van der Waals surface area contributed by atoms with Crippen molar-refractivity contribution in [3.63, 3.8) is 0 Å². The first-order chi connectivity index (χ1) is 8.11. The molecule has 1 aromatic carbocycles. The molecule has 0 radical (unpaired) electrons. The van der Waals surface area contributed by atoms with E-state index < -0.39 is 11.8 Å². The SMILES string of the molecule is CNc1cc(C(=O)O)n(-c2cccc(F)c2)n1. The van der Waals surface area contributed by atoms with Gasteiger partial charge in [0.05, 0.1) is 5.69 Å². The first kappa shape index (κ1) is 11.1. The molecule has 2 aromatic rings. The van der Waals surface area contributed by atoms with Gasteiger partial charge < -0.3 is 10.4 Å². The fraction of sp³-hybridized carbons (Fsp3) is 0.0909. The molecular weight excluding hydrogens is 225 g/mol. The highest BCUT2D eigenvalue weighted by Crippen LogP contribution is 2.16. The molecule has 17 heavy (non-hydrogen) atoms. The van der Waals surface area contributed by atoms with E-state index in [0.29, 0.717) is 11.5 Å². The summed E-state index contributed by atoms with van der Waals surface area (Å²) in [6, 6.07) is 6.97. The Morgan fingerprint density at radius 3 is 2.82 bits per heavy atom. The van der Waals surface area contributed by atoms with E-state index in [4.69, 9.17) is 5.11 Å². The number of nitrogens with one attached hydrogen (secondary N) is 1. The quantitative estimate of drug-likeness (QED) is 0.850. The number of halogens is 1. The van der Waals surface area contributed by atoms with Crippen molar-refractivity contribution in [1.82, 2.24) is 9.78 Å². The van der Waals surface area contributed by atoms with Crippen LogP contribution in [-0.4, -0.2) is 27.9 Å². The fourth-order valence-electron chi connectivity index (χ4n) is 1.46. The number of hydrogen-bond donors (Lipinski definition) is 2. The topological polar surface area (TPSA) is 67.2 Å². The Morgan fingerprint density at radius 2 is 2.24 bits per heavy atom. The van der Waals surface area contributed by atoms with E-state index in [1.165, 1.54) is 28.9 Å². The molecule has 1 heterocycles. The Kier molecular flexibility index (Phi) is 2.78.